The Bertz CT molecular complexity index is 278. The van der Waals surface area contributed by atoms with Gasteiger partial charge < -0.3 is 15.4 Å². The van der Waals surface area contributed by atoms with Crippen LogP contribution in [0, 0.1) is 11.3 Å². The van der Waals surface area contributed by atoms with Crippen LogP contribution in [0.15, 0.2) is 0 Å². The predicted octanol–water partition coefficient (Wildman–Crippen LogP) is 1.03. The van der Waals surface area contributed by atoms with Gasteiger partial charge in [0, 0.05) is 25.7 Å². The molecule has 0 radical (unpaired) electrons. The predicted molar refractivity (Wildman–Crippen MR) is 69.1 cm³/mol. The highest BCUT2D eigenvalue weighted by Gasteiger charge is 2.37. The number of hydrogen-bond donors (Lipinski definition) is 1. The van der Waals surface area contributed by atoms with Crippen molar-refractivity contribution in [3.05, 3.63) is 0 Å². The van der Waals surface area contributed by atoms with Crippen LogP contribution in [0.25, 0.3) is 0 Å². The number of carbonyl (C=O) groups is 1. The van der Waals surface area contributed by atoms with Gasteiger partial charge in [-0.25, -0.2) is 0 Å². The SMILES string of the molecule is CC1(C)CN(C(=O)C2CCOC2)CCC1N.Cl. The summed E-state index contributed by atoms with van der Waals surface area (Å²) in [5, 5.41) is 0. The fourth-order valence-electron chi connectivity index (χ4n) is 2.55. The third kappa shape index (κ3) is 3.12. The second-order valence-corrected chi connectivity index (χ2v) is 5.70. The quantitative estimate of drug-likeness (QED) is 0.768. The van der Waals surface area contributed by atoms with Crippen LogP contribution in [0.4, 0.5) is 0 Å². The first-order valence-electron chi connectivity index (χ1n) is 6.13. The van der Waals surface area contributed by atoms with Crippen LogP contribution in [0.5, 0.6) is 0 Å². The molecule has 2 saturated heterocycles. The van der Waals surface area contributed by atoms with E-state index in [2.05, 4.69) is 13.8 Å². The Balaban J connectivity index is 0.00000144. The lowest BCUT2D eigenvalue weighted by Crippen LogP contribution is -2.55. The van der Waals surface area contributed by atoms with E-state index in [1.54, 1.807) is 0 Å². The lowest BCUT2D eigenvalue weighted by Gasteiger charge is -2.43. The Kier molecular flexibility index (Phi) is 4.81. The zero-order valence-electron chi connectivity index (χ0n) is 10.6. The van der Waals surface area contributed by atoms with Crippen molar-refractivity contribution in [2.24, 2.45) is 17.1 Å². The molecule has 0 spiro atoms. The van der Waals surface area contributed by atoms with Crippen LogP contribution in [-0.2, 0) is 9.53 Å². The Labute approximate surface area is 109 Å². The van der Waals surface area contributed by atoms with Crippen LogP contribution in [-0.4, -0.2) is 43.2 Å². The number of halogens is 1. The van der Waals surface area contributed by atoms with Crippen LogP contribution >= 0.6 is 12.4 Å². The van der Waals surface area contributed by atoms with Crippen molar-refractivity contribution in [2.45, 2.75) is 32.7 Å². The molecule has 5 heteroatoms. The highest BCUT2D eigenvalue weighted by Crippen LogP contribution is 2.29. The zero-order valence-corrected chi connectivity index (χ0v) is 11.5. The number of ether oxygens (including phenoxy) is 1. The van der Waals surface area contributed by atoms with Gasteiger partial charge in [-0.05, 0) is 18.3 Å². The topological polar surface area (TPSA) is 55.6 Å². The largest absolute Gasteiger partial charge is 0.381 e. The molecule has 2 fully saturated rings. The van der Waals surface area contributed by atoms with Gasteiger partial charge in [-0.3, -0.25) is 4.79 Å². The van der Waals surface area contributed by atoms with Crippen molar-refractivity contribution in [1.82, 2.24) is 4.90 Å². The van der Waals surface area contributed by atoms with Gasteiger partial charge in [0.2, 0.25) is 5.91 Å². The molecule has 4 nitrogen and oxygen atoms in total. The number of nitrogens with two attached hydrogens (primary N) is 1. The van der Waals surface area contributed by atoms with Gasteiger partial charge in [0.05, 0.1) is 12.5 Å². The maximum absolute atomic E-state index is 12.2. The smallest absolute Gasteiger partial charge is 0.228 e. The number of nitrogens with zero attached hydrogens (tertiary/aromatic N) is 1. The van der Waals surface area contributed by atoms with Gasteiger partial charge in [0.25, 0.3) is 0 Å². The first-order valence-corrected chi connectivity index (χ1v) is 6.13. The number of likely N-dealkylation sites (tertiary alicyclic amines) is 1. The number of hydrogen-bond acceptors (Lipinski definition) is 3. The lowest BCUT2D eigenvalue weighted by molar-refractivity contribution is -0.139. The molecular weight excluding hydrogens is 240 g/mol. The molecule has 2 aliphatic rings. The summed E-state index contributed by atoms with van der Waals surface area (Å²) < 4.78 is 5.27. The molecule has 2 atom stereocenters. The van der Waals surface area contributed by atoms with Crippen molar-refractivity contribution >= 4 is 18.3 Å². The molecule has 0 bridgehead atoms. The minimum absolute atomic E-state index is 0. The normalized spacial score (nSPS) is 32.1. The first kappa shape index (κ1) is 14.7. The van der Waals surface area contributed by atoms with Gasteiger partial charge in [0.15, 0.2) is 0 Å². The molecular formula is C12H23ClN2O2. The van der Waals surface area contributed by atoms with Crippen molar-refractivity contribution < 1.29 is 9.53 Å². The van der Waals surface area contributed by atoms with E-state index in [1.165, 1.54) is 0 Å². The molecule has 2 heterocycles. The van der Waals surface area contributed by atoms with E-state index < -0.39 is 0 Å². The van der Waals surface area contributed by atoms with Gasteiger partial charge >= 0.3 is 0 Å². The van der Waals surface area contributed by atoms with E-state index in [4.69, 9.17) is 10.5 Å². The van der Waals surface area contributed by atoms with Crippen molar-refractivity contribution in [3.63, 3.8) is 0 Å². The Morgan fingerprint density at radius 2 is 2.12 bits per heavy atom. The highest BCUT2D eigenvalue weighted by molar-refractivity contribution is 5.85. The molecule has 100 valence electrons. The van der Waals surface area contributed by atoms with Gasteiger partial charge in [-0.2, -0.15) is 0 Å². The monoisotopic (exact) mass is 262 g/mol. The van der Waals surface area contributed by atoms with E-state index in [-0.39, 0.29) is 35.7 Å². The lowest BCUT2D eigenvalue weighted by atomic mass is 9.79. The molecule has 2 aliphatic heterocycles. The van der Waals surface area contributed by atoms with E-state index in [9.17, 15) is 4.79 Å². The second kappa shape index (κ2) is 5.55. The van der Waals surface area contributed by atoms with E-state index >= 15 is 0 Å². The van der Waals surface area contributed by atoms with E-state index in [0.717, 1.165) is 32.5 Å². The summed E-state index contributed by atoms with van der Waals surface area (Å²) in [4.78, 5) is 14.2. The standard InChI is InChI=1S/C12H22N2O2.ClH/c1-12(2)8-14(5-3-10(12)13)11(15)9-4-6-16-7-9;/h9-10H,3-8,13H2,1-2H3;1H. The zero-order chi connectivity index (χ0) is 11.8. The van der Waals surface area contributed by atoms with E-state index in [0.29, 0.717) is 6.61 Å². The van der Waals surface area contributed by atoms with Crippen molar-refractivity contribution in [2.75, 3.05) is 26.3 Å². The summed E-state index contributed by atoms with van der Waals surface area (Å²) >= 11 is 0. The maximum atomic E-state index is 12.2. The number of rotatable bonds is 1. The maximum Gasteiger partial charge on any atom is 0.228 e. The highest BCUT2D eigenvalue weighted by atomic mass is 35.5. The molecule has 0 aromatic heterocycles. The first-order chi connectivity index (χ1) is 7.50. The van der Waals surface area contributed by atoms with Crippen LogP contribution in [0.1, 0.15) is 26.7 Å². The van der Waals surface area contributed by atoms with Crippen molar-refractivity contribution in [3.8, 4) is 0 Å². The average Bonchev–Trinajstić information content (AvgIpc) is 2.74. The molecule has 0 aromatic carbocycles. The third-order valence-corrected chi connectivity index (χ3v) is 3.90. The van der Waals surface area contributed by atoms with Crippen molar-refractivity contribution in [1.29, 1.82) is 0 Å². The molecule has 0 saturated carbocycles. The molecule has 1 amide bonds. The number of amides is 1. The summed E-state index contributed by atoms with van der Waals surface area (Å²) in [7, 11) is 0. The fourth-order valence-corrected chi connectivity index (χ4v) is 2.55. The third-order valence-electron chi connectivity index (χ3n) is 3.90. The Hall–Kier alpha value is -0.320. The molecule has 2 N–H and O–H groups in total. The minimum atomic E-state index is 0. The Morgan fingerprint density at radius 3 is 2.65 bits per heavy atom. The summed E-state index contributed by atoms with van der Waals surface area (Å²) in [6, 6.07) is 0.205. The molecule has 0 aliphatic carbocycles. The number of piperidine rings is 1. The number of carbonyl (C=O) groups excluding carboxylic acids is 1. The average molecular weight is 263 g/mol. The van der Waals surface area contributed by atoms with Crippen LogP contribution in [0.2, 0.25) is 0 Å². The van der Waals surface area contributed by atoms with Gasteiger partial charge in [0.1, 0.15) is 0 Å². The van der Waals surface area contributed by atoms with Gasteiger partial charge in [-0.1, -0.05) is 13.8 Å². The fraction of sp³-hybridized carbons (Fsp3) is 0.917. The summed E-state index contributed by atoms with van der Waals surface area (Å²) in [6.45, 7) is 7.20. The molecule has 2 rings (SSSR count). The molecule has 17 heavy (non-hydrogen) atoms. The summed E-state index contributed by atoms with van der Waals surface area (Å²) in [5.41, 5.74) is 6.10. The van der Waals surface area contributed by atoms with Gasteiger partial charge in [-0.15, -0.1) is 12.4 Å². The minimum Gasteiger partial charge on any atom is -0.381 e. The van der Waals surface area contributed by atoms with Crippen LogP contribution < -0.4 is 5.73 Å². The second-order valence-electron chi connectivity index (χ2n) is 5.70. The molecule has 2 unspecified atom stereocenters. The van der Waals surface area contributed by atoms with Crippen LogP contribution in [0.3, 0.4) is 0 Å². The summed E-state index contributed by atoms with van der Waals surface area (Å²) in [5.74, 6) is 0.350. The molecule has 0 aromatic rings. The Morgan fingerprint density at radius 1 is 1.41 bits per heavy atom. The van der Waals surface area contributed by atoms with E-state index in [1.807, 2.05) is 4.90 Å². The summed E-state index contributed by atoms with van der Waals surface area (Å²) in [6.07, 6.45) is 1.79.